The first-order chi connectivity index (χ1) is 15.3. The summed E-state index contributed by atoms with van der Waals surface area (Å²) in [5, 5.41) is 0.814. The quantitative estimate of drug-likeness (QED) is 0.603. The number of rotatable bonds is 4. The van der Waals surface area contributed by atoms with Gasteiger partial charge in [-0.05, 0) is 30.3 Å². The predicted molar refractivity (Wildman–Crippen MR) is 110 cm³/mol. The first-order valence-corrected chi connectivity index (χ1v) is 10.0. The van der Waals surface area contributed by atoms with Gasteiger partial charge in [0, 0.05) is 49.8 Å². The minimum Gasteiger partial charge on any atom is -0.451 e. The first kappa shape index (κ1) is 21.9. The third-order valence-corrected chi connectivity index (χ3v) is 5.49. The molecular weight excluding hydrogens is 425 g/mol. The van der Waals surface area contributed by atoms with Crippen LogP contribution in [-0.2, 0) is 17.5 Å². The van der Waals surface area contributed by atoms with Crippen molar-refractivity contribution in [2.24, 2.45) is 0 Å². The monoisotopic (exact) mass is 446 g/mol. The molecule has 0 spiro atoms. The lowest BCUT2D eigenvalue weighted by molar-refractivity contribution is -0.137. The number of methoxy groups -OCH3 is 1. The molecule has 2 heterocycles. The number of piperazine rings is 1. The van der Waals surface area contributed by atoms with E-state index in [1.807, 2.05) is 18.2 Å². The average molecular weight is 446 g/mol. The zero-order chi connectivity index (χ0) is 22.9. The summed E-state index contributed by atoms with van der Waals surface area (Å²) in [6.45, 7) is 1.34. The molecule has 1 aliphatic rings. The molecule has 168 valence electrons. The van der Waals surface area contributed by atoms with Gasteiger partial charge < -0.3 is 19.0 Å². The Morgan fingerprint density at radius 3 is 2.12 bits per heavy atom. The summed E-state index contributed by atoms with van der Waals surface area (Å²) in [4.78, 5) is 28.9. The Balaban J connectivity index is 1.45. The highest BCUT2D eigenvalue weighted by Gasteiger charge is 2.32. The SMILES string of the molecule is COCc1c(C(=O)N2CCN(C(=O)c3ccc(C(F)(F)F)cc3)CC2)oc2ccccc12. The smallest absolute Gasteiger partial charge is 0.416 e. The van der Waals surface area contributed by atoms with Crippen molar-refractivity contribution in [3.8, 4) is 0 Å². The lowest BCUT2D eigenvalue weighted by atomic mass is 10.1. The number of ether oxygens (including phenoxy) is 1. The second-order valence-electron chi connectivity index (χ2n) is 7.50. The van der Waals surface area contributed by atoms with Crippen molar-refractivity contribution < 1.29 is 31.9 Å². The van der Waals surface area contributed by atoms with Crippen LogP contribution < -0.4 is 0 Å². The van der Waals surface area contributed by atoms with Crippen molar-refractivity contribution in [1.82, 2.24) is 9.80 Å². The number of para-hydroxylation sites is 1. The van der Waals surface area contributed by atoms with E-state index in [1.165, 1.54) is 17.0 Å². The van der Waals surface area contributed by atoms with E-state index < -0.39 is 11.7 Å². The molecule has 2 aromatic carbocycles. The number of halogens is 3. The highest BCUT2D eigenvalue weighted by atomic mass is 19.4. The van der Waals surface area contributed by atoms with E-state index in [9.17, 15) is 22.8 Å². The van der Waals surface area contributed by atoms with Gasteiger partial charge in [0.05, 0.1) is 12.2 Å². The third-order valence-electron chi connectivity index (χ3n) is 5.49. The van der Waals surface area contributed by atoms with Gasteiger partial charge in [-0.2, -0.15) is 13.2 Å². The van der Waals surface area contributed by atoms with E-state index in [0.717, 1.165) is 17.5 Å². The maximum absolute atomic E-state index is 13.1. The molecule has 0 aliphatic carbocycles. The largest absolute Gasteiger partial charge is 0.451 e. The molecule has 1 saturated heterocycles. The number of nitrogens with zero attached hydrogens (tertiary/aromatic N) is 2. The predicted octanol–water partition coefficient (Wildman–Crippen LogP) is 4.20. The highest BCUT2D eigenvalue weighted by molar-refractivity contribution is 5.99. The minimum atomic E-state index is -4.45. The van der Waals surface area contributed by atoms with E-state index >= 15 is 0 Å². The van der Waals surface area contributed by atoms with Gasteiger partial charge in [0.25, 0.3) is 11.8 Å². The molecule has 0 unspecified atom stereocenters. The molecule has 0 saturated carbocycles. The fraction of sp³-hybridized carbons (Fsp3) is 0.304. The molecule has 1 aliphatic heterocycles. The van der Waals surface area contributed by atoms with E-state index in [1.54, 1.807) is 18.1 Å². The van der Waals surface area contributed by atoms with Crippen LogP contribution in [0.1, 0.15) is 32.0 Å². The maximum atomic E-state index is 13.1. The lowest BCUT2D eigenvalue weighted by Crippen LogP contribution is -2.50. The lowest BCUT2D eigenvalue weighted by Gasteiger charge is -2.34. The van der Waals surface area contributed by atoms with E-state index in [4.69, 9.17) is 9.15 Å². The third kappa shape index (κ3) is 4.20. The van der Waals surface area contributed by atoms with Crippen LogP contribution in [0.2, 0.25) is 0 Å². The summed E-state index contributed by atoms with van der Waals surface area (Å²) >= 11 is 0. The number of fused-ring (bicyclic) bond motifs is 1. The van der Waals surface area contributed by atoms with Crippen LogP contribution >= 0.6 is 0 Å². The summed E-state index contributed by atoms with van der Waals surface area (Å²) in [6.07, 6.45) is -4.45. The number of furan rings is 1. The normalized spacial score (nSPS) is 14.8. The molecule has 0 N–H and O–H groups in total. The second-order valence-corrected chi connectivity index (χ2v) is 7.50. The number of carbonyl (C=O) groups is 2. The van der Waals surface area contributed by atoms with Crippen molar-refractivity contribution >= 4 is 22.8 Å². The molecule has 9 heteroatoms. The Morgan fingerprint density at radius 2 is 1.53 bits per heavy atom. The Morgan fingerprint density at radius 1 is 0.938 bits per heavy atom. The van der Waals surface area contributed by atoms with Crippen LogP contribution in [0.5, 0.6) is 0 Å². The van der Waals surface area contributed by atoms with Gasteiger partial charge >= 0.3 is 6.18 Å². The molecule has 1 aromatic heterocycles. The molecule has 32 heavy (non-hydrogen) atoms. The number of carbonyl (C=O) groups excluding carboxylic acids is 2. The summed E-state index contributed by atoms with van der Waals surface area (Å²) in [6, 6.07) is 11.5. The van der Waals surface area contributed by atoms with Gasteiger partial charge in [0.15, 0.2) is 5.76 Å². The molecule has 2 amide bonds. The topological polar surface area (TPSA) is 63.0 Å². The van der Waals surface area contributed by atoms with Crippen LogP contribution in [0.4, 0.5) is 13.2 Å². The molecule has 4 rings (SSSR count). The van der Waals surface area contributed by atoms with Gasteiger partial charge in [0.2, 0.25) is 0 Å². The molecule has 0 bridgehead atoms. The fourth-order valence-corrected chi connectivity index (χ4v) is 3.80. The van der Waals surface area contributed by atoms with Crippen LogP contribution in [0.15, 0.2) is 52.9 Å². The number of hydrogen-bond acceptors (Lipinski definition) is 4. The number of hydrogen-bond donors (Lipinski definition) is 0. The molecule has 0 atom stereocenters. The number of alkyl halides is 3. The molecular formula is C23H21F3N2O4. The van der Waals surface area contributed by atoms with Crippen molar-refractivity contribution in [2.75, 3.05) is 33.3 Å². The van der Waals surface area contributed by atoms with Crippen molar-refractivity contribution in [1.29, 1.82) is 0 Å². The van der Waals surface area contributed by atoms with E-state index in [-0.39, 0.29) is 55.9 Å². The minimum absolute atomic E-state index is 0.178. The maximum Gasteiger partial charge on any atom is 0.416 e. The molecule has 1 fully saturated rings. The van der Waals surface area contributed by atoms with Gasteiger partial charge in [0.1, 0.15) is 5.58 Å². The van der Waals surface area contributed by atoms with Crippen molar-refractivity contribution in [3.63, 3.8) is 0 Å². The zero-order valence-corrected chi connectivity index (χ0v) is 17.3. The average Bonchev–Trinajstić information content (AvgIpc) is 3.16. The molecule has 6 nitrogen and oxygen atoms in total. The van der Waals surface area contributed by atoms with Crippen LogP contribution in [0, 0.1) is 0 Å². The first-order valence-electron chi connectivity index (χ1n) is 10.0. The summed E-state index contributed by atoms with van der Waals surface area (Å²) in [7, 11) is 1.54. The van der Waals surface area contributed by atoms with Crippen molar-refractivity contribution in [3.05, 3.63) is 71.0 Å². The Hall–Kier alpha value is -3.33. The highest BCUT2D eigenvalue weighted by Crippen LogP contribution is 2.30. The molecule has 0 radical (unpaired) electrons. The Labute approximate surface area is 182 Å². The summed E-state index contributed by atoms with van der Waals surface area (Å²) < 4.78 is 49.2. The zero-order valence-electron chi connectivity index (χ0n) is 17.3. The van der Waals surface area contributed by atoms with Gasteiger partial charge in [-0.15, -0.1) is 0 Å². The van der Waals surface area contributed by atoms with Crippen molar-refractivity contribution in [2.45, 2.75) is 12.8 Å². The van der Waals surface area contributed by atoms with Gasteiger partial charge in [-0.3, -0.25) is 9.59 Å². The van der Waals surface area contributed by atoms with E-state index in [0.29, 0.717) is 11.1 Å². The second kappa shape index (κ2) is 8.66. The molecule has 3 aromatic rings. The van der Waals surface area contributed by atoms with Crippen LogP contribution in [-0.4, -0.2) is 54.9 Å². The van der Waals surface area contributed by atoms with Crippen LogP contribution in [0.25, 0.3) is 11.0 Å². The van der Waals surface area contributed by atoms with E-state index in [2.05, 4.69) is 0 Å². The Bertz CT molecular complexity index is 1130. The standard InChI is InChI=1S/C23H21F3N2O4/c1-31-14-18-17-4-2-3-5-19(17)32-20(18)22(30)28-12-10-27(11-13-28)21(29)15-6-8-16(9-7-15)23(24,25)26/h2-9H,10-14H2,1H3. The van der Waals surface area contributed by atoms with Gasteiger partial charge in [-0.25, -0.2) is 0 Å². The number of amides is 2. The number of benzene rings is 2. The Kier molecular flexibility index (Phi) is 5.92. The fourth-order valence-electron chi connectivity index (χ4n) is 3.80. The summed E-state index contributed by atoms with van der Waals surface area (Å²) in [5.41, 5.74) is 0.648. The summed E-state index contributed by atoms with van der Waals surface area (Å²) in [5.74, 6) is -0.430. The van der Waals surface area contributed by atoms with Gasteiger partial charge in [-0.1, -0.05) is 18.2 Å². The van der Waals surface area contributed by atoms with Crippen LogP contribution in [0.3, 0.4) is 0 Å².